The van der Waals surface area contributed by atoms with Crippen molar-refractivity contribution in [2.24, 2.45) is 0 Å². The van der Waals surface area contributed by atoms with E-state index in [2.05, 4.69) is 12.2 Å². The van der Waals surface area contributed by atoms with E-state index in [-0.39, 0.29) is 11.4 Å². The molecular formula is C12H17FN2O. The molecule has 1 aliphatic rings. The van der Waals surface area contributed by atoms with Crippen LogP contribution in [0.5, 0.6) is 0 Å². The first-order valence-corrected chi connectivity index (χ1v) is 5.46. The Morgan fingerprint density at radius 2 is 2.38 bits per heavy atom. The second-order valence-corrected chi connectivity index (χ2v) is 4.57. The smallest absolute Gasteiger partial charge is 0.129 e. The van der Waals surface area contributed by atoms with Gasteiger partial charge in [-0.2, -0.15) is 0 Å². The second kappa shape index (κ2) is 4.39. The summed E-state index contributed by atoms with van der Waals surface area (Å²) in [6, 6.07) is 4.79. The lowest BCUT2D eigenvalue weighted by atomic mass is 10.0. The lowest BCUT2D eigenvalue weighted by Gasteiger charge is -2.23. The average molecular weight is 224 g/mol. The molecule has 2 rings (SSSR count). The molecule has 1 aliphatic heterocycles. The zero-order valence-electron chi connectivity index (χ0n) is 9.42. The van der Waals surface area contributed by atoms with E-state index in [1.807, 2.05) is 0 Å². The standard InChI is InChI=1S/C12H17FN2O/c1-12(4-5-16-8-12)15-7-9-2-3-10(14)6-11(9)13/h2-3,6,15H,4-5,7-8,14H2,1H3. The quantitative estimate of drug-likeness (QED) is 0.768. The third kappa shape index (κ3) is 2.51. The first kappa shape index (κ1) is 11.4. The van der Waals surface area contributed by atoms with E-state index in [0.717, 1.165) is 13.0 Å². The summed E-state index contributed by atoms with van der Waals surface area (Å²) >= 11 is 0. The van der Waals surface area contributed by atoms with E-state index < -0.39 is 0 Å². The fraction of sp³-hybridized carbons (Fsp3) is 0.500. The van der Waals surface area contributed by atoms with Crippen molar-refractivity contribution >= 4 is 5.69 Å². The van der Waals surface area contributed by atoms with Crippen LogP contribution in [0.2, 0.25) is 0 Å². The summed E-state index contributed by atoms with van der Waals surface area (Å²) in [4.78, 5) is 0. The number of nitrogen functional groups attached to an aromatic ring is 1. The summed E-state index contributed by atoms with van der Waals surface area (Å²) in [6.45, 7) is 4.05. The maximum absolute atomic E-state index is 13.5. The number of nitrogens with one attached hydrogen (secondary N) is 1. The topological polar surface area (TPSA) is 47.3 Å². The van der Waals surface area contributed by atoms with Crippen LogP contribution < -0.4 is 11.1 Å². The molecule has 1 aromatic carbocycles. The van der Waals surface area contributed by atoms with Crippen molar-refractivity contribution in [3.05, 3.63) is 29.6 Å². The molecule has 4 heteroatoms. The molecule has 1 saturated heterocycles. The van der Waals surface area contributed by atoms with E-state index in [4.69, 9.17) is 10.5 Å². The summed E-state index contributed by atoms with van der Waals surface area (Å²) in [5.74, 6) is -0.255. The molecule has 0 aliphatic carbocycles. The zero-order valence-corrected chi connectivity index (χ0v) is 9.42. The molecule has 0 aromatic heterocycles. The molecule has 3 N–H and O–H groups in total. The van der Waals surface area contributed by atoms with Crippen LogP contribution in [0.1, 0.15) is 18.9 Å². The summed E-state index contributed by atoms with van der Waals surface area (Å²) < 4.78 is 18.8. The van der Waals surface area contributed by atoms with Gasteiger partial charge in [-0.3, -0.25) is 0 Å². The van der Waals surface area contributed by atoms with E-state index >= 15 is 0 Å². The molecule has 88 valence electrons. The number of hydrogen-bond donors (Lipinski definition) is 2. The van der Waals surface area contributed by atoms with E-state index in [1.54, 1.807) is 12.1 Å². The Hall–Kier alpha value is -1.13. The predicted molar refractivity (Wildman–Crippen MR) is 61.5 cm³/mol. The van der Waals surface area contributed by atoms with Crippen LogP contribution in [0.4, 0.5) is 10.1 Å². The number of hydrogen-bond acceptors (Lipinski definition) is 3. The van der Waals surface area contributed by atoms with Gasteiger partial charge in [-0.05, 0) is 25.5 Å². The highest BCUT2D eigenvalue weighted by Crippen LogP contribution is 2.19. The number of anilines is 1. The van der Waals surface area contributed by atoms with Gasteiger partial charge in [-0.1, -0.05) is 6.07 Å². The van der Waals surface area contributed by atoms with Crippen LogP contribution in [-0.4, -0.2) is 18.8 Å². The molecular weight excluding hydrogens is 207 g/mol. The molecule has 0 radical (unpaired) electrons. The van der Waals surface area contributed by atoms with E-state index in [9.17, 15) is 4.39 Å². The van der Waals surface area contributed by atoms with Crippen LogP contribution in [0, 0.1) is 5.82 Å². The van der Waals surface area contributed by atoms with E-state index in [1.165, 1.54) is 6.07 Å². The molecule has 1 aromatic rings. The monoisotopic (exact) mass is 224 g/mol. The molecule has 1 fully saturated rings. The van der Waals surface area contributed by atoms with Crippen LogP contribution in [0.15, 0.2) is 18.2 Å². The van der Waals surface area contributed by atoms with Crippen molar-refractivity contribution in [1.82, 2.24) is 5.32 Å². The van der Waals surface area contributed by atoms with Crippen molar-refractivity contribution in [1.29, 1.82) is 0 Å². The Labute approximate surface area is 94.8 Å². The van der Waals surface area contributed by atoms with Gasteiger partial charge in [-0.25, -0.2) is 4.39 Å². The lowest BCUT2D eigenvalue weighted by Crippen LogP contribution is -2.42. The van der Waals surface area contributed by atoms with Crippen LogP contribution >= 0.6 is 0 Å². The molecule has 16 heavy (non-hydrogen) atoms. The van der Waals surface area contributed by atoms with Gasteiger partial charge in [-0.15, -0.1) is 0 Å². The Morgan fingerprint density at radius 3 is 3.00 bits per heavy atom. The highest BCUT2D eigenvalue weighted by molar-refractivity contribution is 5.40. The summed E-state index contributed by atoms with van der Waals surface area (Å²) in [6.07, 6.45) is 0.962. The average Bonchev–Trinajstić information content (AvgIpc) is 2.64. The van der Waals surface area contributed by atoms with Gasteiger partial charge in [0.25, 0.3) is 0 Å². The minimum absolute atomic E-state index is 0.0339. The van der Waals surface area contributed by atoms with Gasteiger partial charge < -0.3 is 15.8 Å². The van der Waals surface area contributed by atoms with Crippen LogP contribution in [0.25, 0.3) is 0 Å². The molecule has 1 atom stereocenters. The first-order valence-electron chi connectivity index (χ1n) is 5.46. The van der Waals surface area contributed by atoms with Gasteiger partial charge in [0, 0.05) is 29.9 Å². The van der Waals surface area contributed by atoms with E-state index in [0.29, 0.717) is 24.4 Å². The van der Waals surface area contributed by atoms with Gasteiger partial charge in [0.1, 0.15) is 5.82 Å². The molecule has 0 bridgehead atoms. The van der Waals surface area contributed by atoms with Gasteiger partial charge in [0.05, 0.1) is 6.61 Å². The first-order chi connectivity index (χ1) is 7.59. The maximum atomic E-state index is 13.5. The number of halogens is 1. The minimum Gasteiger partial charge on any atom is -0.399 e. The van der Waals surface area contributed by atoms with Gasteiger partial charge >= 0.3 is 0 Å². The van der Waals surface area contributed by atoms with Crippen molar-refractivity contribution in [2.75, 3.05) is 18.9 Å². The third-order valence-electron chi connectivity index (χ3n) is 3.00. The molecule has 1 unspecified atom stereocenters. The minimum atomic E-state index is -0.255. The van der Waals surface area contributed by atoms with Crippen molar-refractivity contribution < 1.29 is 9.13 Å². The van der Waals surface area contributed by atoms with Crippen molar-refractivity contribution in [3.8, 4) is 0 Å². The fourth-order valence-corrected chi connectivity index (χ4v) is 1.82. The largest absolute Gasteiger partial charge is 0.399 e. The van der Waals surface area contributed by atoms with Crippen molar-refractivity contribution in [3.63, 3.8) is 0 Å². The molecule has 3 nitrogen and oxygen atoms in total. The molecule has 0 amide bonds. The third-order valence-corrected chi connectivity index (χ3v) is 3.00. The number of benzene rings is 1. The van der Waals surface area contributed by atoms with Crippen LogP contribution in [0.3, 0.4) is 0 Å². The molecule has 0 spiro atoms. The second-order valence-electron chi connectivity index (χ2n) is 4.57. The Bertz CT molecular complexity index is 375. The molecule has 1 heterocycles. The van der Waals surface area contributed by atoms with Crippen molar-refractivity contribution in [2.45, 2.75) is 25.4 Å². The molecule has 0 saturated carbocycles. The lowest BCUT2D eigenvalue weighted by molar-refractivity contribution is 0.171. The van der Waals surface area contributed by atoms with Crippen LogP contribution in [-0.2, 0) is 11.3 Å². The number of nitrogens with two attached hydrogens (primary N) is 1. The number of rotatable bonds is 3. The Balaban J connectivity index is 1.99. The normalized spacial score (nSPS) is 24.9. The predicted octanol–water partition coefficient (Wildman–Crippen LogP) is 1.68. The number of ether oxygens (including phenoxy) is 1. The fourth-order valence-electron chi connectivity index (χ4n) is 1.82. The maximum Gasteiger partial charge on any atom is 0.129 e. The Morgan fingerprint density at radius 1 is 1.56 bits per heavy atom. The van der Waals surface area contributed by atoms with Gasteiger partial charge in [0.2, 0.25) is 0 Å². The SMILES string of the molecule is CC1(NCc2ccc(N)cc2F)CCOC1. The summed E-state index contributed by atoms with van der Waals surface area (Å²) in [5, 5.41) is 3.33. The summed E-state index contributed by atoms with van der Waals surface area (Å²) in [7, 11) is 0. The Kier molecular flexibility index (Phi) is 3.12. The highest BCUT2D eigenvalue weighted by Gasteiger charge is 2.28. The zero-order chi connectivity index (χ0) is 11.6. The highest BCUT2D eigenvalue weighted by atomic mass is 19.1. The summed E-state index contributed by atoms with van der Waals surface area (Å²) in [5.41, 5.74) is 6.55. The van der Waals surface area contributed by atoms with Gasteiger partial charge in [0.15, 0.2) is 0 Å².